The van der Waals surface area contributed by atoms with Crippen molar-refractivity contribution in [1.29, 1.82) is 0 Å². The molecule has 154 valence electrons. The van der Waals surface area contributed by atoms with Gasteiger partial charge in [-0.25, -0.2) is 0 Å². The number of rotatable bonds is 12. The molecule has 0 fully saturated rings. The summed E-state index contributed by atoms with van der Waals surface area (Å²) in [5.41, 5.74) is 0.779. The molecule has 0 amide bonds. The number of hydrogen-bond acceptors (Lipinski definition) is 4. The van der Waals surface area contributed by atoms with Gasteiger partial charge in [-0.05, 0) is 42.7 Å². The first kappa shape index (κ1) is 22.2. The van der Waals surface area contributed by atoms with Crippen LogP contribution in [0.5, 0.6) is 17.2 Å². The van der Waals surface area contributed by atoms with Crippen LogP contribution in [0.25, 0.3) is 0 Å². The lowest BCUT2D eigenvalue weighted by atomic mass is 10.0. The lowest BCUT2D eigenvalue weighted by Gasteiger charge is -2.13. The van der Waals surface area contributed by atoms with Gasteiger partial charge in [0.2, 0.25) is 0 Å². The molecule has 0 heterocycles. The van der Waals surface area contributed by atoms with Crippen molar-refractivity contribution in [3.8, 4) is 17.2 Å². The Hall–Kier alpha value is -2.05. The number of phenols is 1. The number of aromatic hydroxyl groups is 1. The number of hydrogen-bond donors (Lipinski definition) is 2. The van der Waals surface area contributed by atoms with Crippen molar-refractivity contribution in [3.63, 3.8) is 0 Å². The Bertz CT molecular complexity index is 832. The first-order valence-electron chi connectivity index (χ1n) is 9.98. The summed E-state index contributed by atoms with van der Waals surface area (Å²) in [6, 6.07) is 11.7. The summed E-state index contributed by atoms with van der Waals surface area (Å²) in [4.78, 5) is -0.601. The van der Waals surface area contributed by atoms with Gasteiger partial charge in [-0.1, -0.05) is 70.1 Å². The fourth-order valence-corrected chi connectivity index (χ4v) is 3.88. The molecule has 28 heavy (non-hydrogen) atoms. The Kier molecular flexibility index (Phi) is 8.80. The number of ether oxygens (including phenoxy) is 1. The van der Waals surface area contributed by atoms with Crippen molar-refractivity contribution in [2.45, 2.75) is 69.6 Å². The van der Waals surface area contributed by atoms with Crippen LogP contribution in [0.2, 0.25) is 0 Å². The molecule has 0 aliphatic carbocycles. The van der Waals surface area contributed by atoms with Crippen molar-refractivity contribution < 1.29 is 22.8 Å². The van der Waals surface area contributed by atoms with Gasteiger partial charge in [-0.3, -0.25) is 4.55 Å². The van der Waals surface area contributed by atoms with Gasteiger partial charge in [0, 0.05) is 0 Å². The van der Waals surface area contributed by atoms with Crippen LogP contribution in [-0.4, -0.2) is 18.1 Å². The quantitative estimate of drug-likeness (QED) is 0.328. The highest BCUT2D eigenvalue weighted by Crippen LogP contribution is 2.37. The number of benzene rings is 2. The molecule has 0 saturated carbocycles. The molecule has 0 aliphatic heterocycles. The highest BCUT2D eigenvalue weighted by atomic mass is 32.2. The first-order chi connectivity index (χ1) is 13.4. The van der Waals surface area contributed by atoms with Gasteiger partial charge in [0.1, 0.15) is 11.5 Å². The maximum Gasteiger partial charge on any atom is 0.301 e. The summed E-state index contributed by atoms with van der Waals surface area (Å²) in [5.74, 6) is -0.134. The lowest BCUT2D eigenvalue weighted by molar-refractivity contribution is 0.414. The van der Waals surface area contributed by atoms with Gasteiger partial charge in [0.25, 0.3) is 0 Å². The topological polar surface area (TPSA) is 83.8 Å². The van der Waals surface area contributed by atoms with Gasteiger partial charge in [-0.15, -0.1) is 0 Å². The normalized spacial score (nSPS) is 11.5. The average Bonchev–Trinajstić information content (AvgIpc) is 2.63. The number of aryl methyl sites for hydroxylation is 1. The molecule has 2 N–H and O–H groups in total. The van der Waals surface area contributed by atoms with E-state index in [0.29, 0.717) is 12.2 Å². The minimum atomic E-state index is -4.62. The highest BCUT2D eigenvalue weighted by Gasteiger charge is 2.23. The maximum absolute atomic E-state index is 11.7. The lowest BCUT2D eigenvalue weighted by Crippen LogP contribution is -2.03. The summed E-state index contributed by atoms with van der Waals surface area (Å²) in [6.45, 7) is 2.21. The van der Waals surface area contributed by atoms with E-state index in [1.165, 1.54) is 44.6 Å². The number of phenolic OH excluding ortho intramolecular Hbond substituents is 1. The largest absolute Gasteiger partial charge is 0.506 e. The average molecular weight is 407 g/mol. The molecule has 2 aromatic rings. The van der Waals surface area contributed by atoms with E-state index < -0.39 is 20.8 Å². The van der Waals surface area contributed by atoms with E-state index in [0.717, 1.165) is 18.4 Å². The second-order valence-electron chi connectivity index (χ2n) is 7.06. The predicted molar refractivity (Wildman–Crippen MR) is 111 cm³/mol. The molecule has 0 saturated heterocycles. The third kappa shape index (κ3) is 7.17. The Morgan fingerprint density at radius 2 is 1.50 bits per heavy atom. The second kappa shape index (κ2) is 11.1. The summed E-state index contributed by atoms with van der Waals surface area (Å²) in [7, 11) is -4.62. The molecule has 6 heteroatoms. The fourth-order valence-electron chi connectivity index (χ4n) is 3.20. The summed E-state index contributed by atoms with van der Waals surface area (Å²) in [6.07, 6.45) is 10.3. The van der Waals surface area contributed by atoms with E-state index in [4.69, 9.17) is 4.74 Å². The third-order valence-corrected chi connectivity index (χ3v) is 5.57. The third-order valence-electron chi connectivity index (χ3n) is 4.64. The van der Waals surface area contributed by atoms with Crippen LogP contribution in [0.3, 0.4) is 0 Å². The minimum Gasteiger partial charge on any atom is -0.506 e. The molecule has 0 atom stereocenters. The van der Waals surface area contributed by atoms with E-state index in [2.05, 4.69) is 6.92 Å². The standard InChI is InChI=1S/C22H30O5S/c1-2-3-4-5-6-7-8-10-13-18-16-20(23)22(28(24,25)26)21(17-18)27-19-14-11-9-12-15-19/h9,11-12,14-17,23H,2-8,10,13H2,1H3,(H,24,25,26). The van der Waals surface area contributed by atoms with Gasteiger partial charge in [0.15, 0.2) is 10.6 Å². The Morgan fingerprint density at radius 3 is 2.11 bits per heavy atom. The molecule has 0 aliphatic rings. The zero-order chi connectivity index (χ0) is 20.4. The molecule has 0 bridgehead atoms. The van der Waals surface area contributed by atoms with E-state index in [9.17, 15) is 18.1 Å². The van der Waals surface area contributed by atoms with Crippen LogP contribution in [0.15, 0.2) is 47.4 Å². The van der Waals surface area contributed by atoms with Crippen molar-refractivity contribution in [2.75, 3.05) is 0 Å². The zero-order valence-corrected chi connectivity index (χ0v) is 17.2. The van der Waals surface area contributed by atoms with Crippen LogP contribution in [-0.2, 0) is 16.5 Å². The monoisotopic (exact) mass is 406 g/mol. The molecule has 0 spiro atoms. The first-order valence-corrected chi connectivity index (χ1v) is 11.4. The summed E-state index contributed by atoms with van der Waals surface area (Å²) >= 11 is 0. The maximum atomic E-state index is 11.7. The van der Waals surface area contributed by atoms with Crippen LogP contribution in [0, 0.1) is 0 Å². The Labute approximate surface area is 168 Å². The second-order valence-corrected chi connectivity index (χ2v) is 8.42. The number of unbranched alkanes of at least 4 members (excludes halogenated alkanes) is 7. The molecule has 2 rings (SSSR count). The van der Waals surface area contributed by atoms with E-state index >= 15 is 0 Å². The van der Waals surface area contributed by atoms with Crippen LogP contribution < -0.4 is 4.74 Å². The predicted octanol–water partition coefficient (Wildman–Crippen LogP) is 6.11. The van der Waals surface area contributed by atoms with Crippen LogP contribution in [0.4, 0.5) is 0 Å². The van der Waals surface area contributed by atoms with E-state index in [1.54, 1.807) is 30.3 Å². The van der Waals surface area contributed by atoms with Crippen LogP contribution in [0.1, 0.15) is 63.9 Å². The molecule has 5 nitrogen and oxygen atoms in total. The molecular formula is C22H30O5S. The molecule has 0 unspecified atom stereocenters. The zero-order valence-electron chi connectivity index (χ0n) is 16.4. The highest BCUT2D eigenvalue weighted by molar-refractivity contribution is 7.86. The van der Waals surface area contributed by atoms with Gasteiger partial charge in [-0.2, -0.15) is 8.42 Å². The van der Waals surface area contributed by atoms with Crippen molar-refractivity contribution in [1.82, 2.24) is 0 Å². The Morgan fingerprint density at radius 1 is 0.893 bits per heavy atom. The van der Waals surface area contributed by atoms with E-state index in [1.807, 2.05) is 6.07 Å². The van der Waals surface area contributed by atoms with Crippen molar-refractivity contribution in [2.24, 2.45) is 0 Å². The molecule has 2 aromatic carbocycles. The van der Waals surface area contributed by atoms with Crippen LogP contribution >= 0.6 is 0 Å². The SMILES string of the molecule is CCCCCCCCCCc1cc(O)c(S(=O)(=O)O)c(Oc2ccccc2)c1. The Balaban J connectivity index is 2.03. The van der Waals surface area contributed by atoms with Crippen molar-refractivity contribution >= 4 is 10.1 Å². The van der Waals surface area contributed by atoms with Gasteiger partial charge in [0.05, 0.1) is 0 Å². The van der Waals surface area contributed by atoms with Gasteiger partial charge < -0.3 is 9.84 Å². The summed E-state index contributed by atoms with van der Waals surface area (Å²) < 4.78 is 38.5. The van der Waals surface area contributed by atoms with Crippen molar-refractivity contribution in [3.05, 3.63) is 48.0 Å². The fraction of sp³-hybridized carbons (Fsp3) is 0.455. The number of para-hydroxylation sites is 1. The smallest absolute Gasteiger partial charge is 0.301 e. The molecule has 0 aromatic heterocycles. The molecule has 0 radical (unpaired) electrons. The van der Waals surface area contributed by atoms with E-state index in [-0.39, 0.29) is 5.75 Å². The minimum absolute atomic E-state index is 0.0664. The van der Waals surface area contributed by atoms with Gasteiger partial charge >= 0.3 is 10.1 Å². The molecular weight excluding hydrogens is 376 g/mol. The summed E-state index contributed by atoms with van der Waals surface area (Å²) in [5, 5.41) is 10.2.